The van der Waals surface area contributed by atoms with Crippen LogP contribution in [0.1, 0.15) is 32.3 Å². The topological polar surface area (TPSA) is 54.0 Å². The molecule has 2 rings (SSSR count). The first-order valence-electron chi connectivity index (χ1n) is 9.54. The van der Waals surface area contributed by atoms with Gasteiger partial charge in [0.05, 0.1) is 20.8 Å². The second-order valence-electron chi connectivity index (χ2n) is 6.82. The molecule has 0 radical (unpaired) electrons. The van der Waals surface area contributed by atoms with Gasteiger partial charge < -0.3 is 14.8 Å². The highest BCUT2D eigenvalue weighted by molar-refractivity contribution is 5.78. The molecule has 1 aromatic carbocycles. The zero-order valence-electron chi connectivity index (χ0n) is 16.6. The van der Waals surface area contributed by atoms with Crippen LogP contribution in [0.4, 0.5) is 0 Å². The number of nitrogens with one attached hydrogen (secondary N) is 1. The average Bonchev–Trinajstić information content (AvgIpc) is 2.67. The molecule has 0 saturated carbocycles. The van der Waals surface area contributed by atoms with Crippen LogP contribution in [-0.2, 0) is 11.3 Å². The number of hydrogen-bond donors (Lipinski definition) is 1. The molecule has 0 unspecified atom stereocenters. The minimum absolute atomic E-state index is 0.145. The molecule has 0 bridgehead atoms. The molecule has 146 valence electrons. The van der Waals surface area contributed by atoms with Gasteiger partial charge in [-0.2, -0.15) is 0 Å². The number of nitrogens with zero attached hydrogens (tertiary/aromatic N) is 2. The largest absolute Gasteiger partial charge is 0.493 e. The molecule has 6 nitrogen and oxygen atoms in total. The summed E-state index contributed by atoms with van der Waals surface area (Å²) in [6.07, 6.45) is 1.97. The highest BCUT2D eigenvalue weighted by Gasteiger charge is 2.20. The number of carbonyl (C=O) groups excluding carboxylic acids is 1. The van der Waals surface area contributed by atoms with Crippen LogP contribution in [-0.4, -0.2) is 68.7 Å². The zero-order valence-corrected chi connectivity index (χ0v) is 16.6. The van der Waals surface area contributed by atoms with Gasteiger partial charge in [0, 0.05) is 38.8 Å². The predicted octanol–water partition coefficient (Wildman–Crippen LogP) is 2.13. The molecule has 1 aliphatic heterocycles. The summed E-state index contributed by atoms with van der Waals surface area (Å²) in [6.45, 7) is 9.38. The molecule has 26 heavy (non-hydrogen) atoms. The van der Waals surface area contributed by atoms with Gasteiger partial charge in [0.25, 0.3) is 0 Å². The standard InChI is InChI=1S/C20H33N3O3/c1-5-17(6-2)21-20(24)15-23-11-9-22(10-12-23)14-16-7-8-18(25-3)19(13-16)26-4/h7-8,13,17H,5-6,9-12,14-15H2,1-4H3,(H,21,24). The van der Waals surface area contributed by atoms with E-state index < -0.39 is 0 Å². The molecular weight excluding hydrogens is 330 g/mol. The van der Waals surface area contributed by atoms with Crippen molar-refractivity contribution in [2.24, 2.45) is 0 Å². The van der Waals surface area contributed by atoms with Crippen molar-refractivity contribution in [3.8, 4) is 11.5 Å². The maximum absolute atomic E-state index is 12.2. The van der Waals surface area contributed by atoms with E-state index in [1.165, 1.54) is 5.56 Å². The third-order valence-electron chi connectivity index (χ3n) is 5.04. The van der Waals surface area contributed by atoms with E-state index in [1.807, 2.05) is 12.1 Å². The fourth-order valence-corrected chi connectivity index (χ4v) is 3.31. The van der Waals surface area contributed by atoms with Crippen molar-refractivity contribution in [3.05, 3.63) is 23.8 Å². The molecular formula is C20H33N3O3. The van der Waals surface area contributed by atoms with Gasteiger partial charge in [-0.05, 0) is 30.5 Å². The molecule has 1 saturated heterocycles. The fourth-order valence-electron chi connectivity index (χ4n) is 3.31. The first-order chi connectivity index (χ1) is 12.6. The van der Waals surface area contributed by atoms with Crippen LogP contribution < -0.4 is 14.8 Å². The molecule has 1 fully saturated rings. The number of ether oxygens (including phenoxy) is 2. The molecule has 0 aliphatic carbocycles. The summed E-state index contributed by atoms with van der Waals surface area (Å²) in [5.74, 6) is 1.67. The zero-order chi connectivity index (χ0) is 18.9. The molecule has 1 aliphatic rings. The maximum atomic E-state index is 12.2. The first kappa shape index (κ1) is 20.5. The predicted molar refractivity (Wildman–Crippen MR) is 104 cm³/mol. The lowest BCUT2D eigenvalue weighted by atomic mass is 10.1. The van der Waals surface area contributed by atoms with Gasteiger partial charge in [-0.25, -0.2) is 0 Å². The fraction of sp³-hybridized carbons (Fsp3) is 0.650. The van der Waals surface area contributed by atoms with Crippen LogP contribution in [0, 0.1) is 0 Å². The van der Waals surface area contributed by atoms with Crippen molar-refractivity contribution in [2.75, 3.05) is 46.9 Å². The minimum Gasteiger partial charge on any atom is -0.493 e. The summed E-state index contributed by atoms with van der Waals surface area (Å²) in [5, 5.41) is 3.12. The molecule has 0 spiro atoms. The normalized spacial score (nSPS) is 15.9. The Morgan fingerprint density at radius 2 is 1.65 bits per heavy atom. The second-order valence-corrected chi connectivity index (χ2v) is 6.82. The van der Waals surface area contributed by atoms with Crippen LogP contribution >= 0.6 is 0 Å². The van der Waals surface area contributed by atoms with E-state index in [-0.39, 0.29) is 5.91 Å². The van der Waals surface area contributed by atoms with Crippen LogP contribution in [0.5, 0.6) is 11.5 Å². The van der Waals surface area contributed by atoms with Gasteiger partial charge in [0.15, 0.2) is 11.5 Å². The van der Waals surface area contributed by atoms with Crippen molar-refractivity contribution in [2.45, 2.75) is 39.3 Å². The van der Waals surface area contributed by atoms with E-state index in [2.05, 4.69) is 35.0 Å². The summed E-state index contributed by atoms with van der Waals surface area (Å²) in [4.78, 5) is 16.8. The Morgan fingerprint density at radius 3 is 2.23 bits per heavy atom. The van der Waals surface area contributed by atoms with Crippen molar-refractivity contribution in [1.29, 1.82) is 0 Å². The number of hydrogen-bond acceptors (Lipinski definition) is 5. The van der Waals surface area contributed by atoms with Gasteiger partial charge in [0.2, 0.25) is 5.91 Å². The van der Waals surface area contributed by atoms with Crippen molar-refractivity contribution in [1.82, 2.24) is 15.1 Å². The minimum atomic E-state index is 0.145. The van der Waals surface area contributed by atoms with Crippen LogP contribution in [0.25, 0.3) is 0 Å². The van der Waals surface area contributed by atoms with E-state index in [0.717, 1.165) is 57.1 Å². The highest BCUT2D eigenvalue weighted by Crippen LogP contribution is 2.28. The average molecular weight is 364 g/mol. The summed E-state index contributed by atoms with van der Waals surface area (Å²) in [7, 11) is 3.31. The molecule has 1 heterocycles. The van der Waals surface area contributed by atoms with Crippen LogP contribution in [0.15, 0.2) is 18.2 Å². The molecule has 1 amide bonds. The number of benzene rings is 1. The van der Waals surface area contributed by atoms with E-state index in [9.17, 15) is 4.79 Å². The smallest absolute Gasteiger partial charge is 0.234 e. The van der Waals surface area contributed by atoms with E-state index in [4.69, 9.17) is 9.47 Å². The van der Waals surface area contributed by atoms with Gasteiger partial charge in [-0.1, -0.05) is 19.9 Å². The Labute approximate surface area is 157 Å². The number of amides is 1. The Kier molecular flexibility index (Phi) is 8.19. The summed E-state index contributed by atoms with van der Waals surface area (Å²) >= 11 is 0. The number of piperazine rings is 1. The lowest BCUT2D eigenvalue weighted by molar-refractivity contribution is -0.123. The Bertz CT molecular complexity index is 567. The van der Waals surface area contributed by atoms with Crippen molar-refractivity contribution < 1.29 is 14.3 Å². The molecule has 1 aromatic rings. The molecule has 0 aromatic heterocycles. The summed E-state index contributed by atoms with van der Waals surface area (Å²) in [5.41, 5.74) is 1.21. The van der Waals surface area contributed by atoms with Crippen molar-refractivity contribution in [3.63, 3.8) is 0 Å². The Hall–Kier alpha value is -1.79. The highest BCUT2D eigenvalue weighted by atomic mass is 16.5. The summed E-state index contributed by atoms with van der Waals surface area (Å²) < 4.78 is 10.7. The number of rotatable bonds is 9. The van der Waals surface area contributed by atoms with Crippen LogP contribution in [0.2, 0.25) is 0 Å². The lowest BCUT2D eigenvalue weighted by Gasteiger charge is -2.34. The van der Waals surface area contributed by atoms with Crippen molar-refractivity contribution >= 4 is 5.91 Å². The molecule has 6 heteroatoms. The summed E-state index contributed by atoms with van der Waals surface area (Å²) in [6, 6.07) is 6.37. The number of carbonyl (C=O) groups is 1. The second kappa shape index (κ2) is 10.4. The van der Waals surface area contributed by atoms with E-state index >= 15 is 0 Å². The van der Waals surface area contributed by atoms with E-state index in [0.29, 0.717) is 12.6 Å². The van der Waals surface area contributed by atoms with Gasteiger partial charge in [-0.15, -0.1) is 0 Å². The maximum Gasteiger partial charge on any atom is 0.234 e. The number of methoxy groups -OCH3 is 2. The third kappa shape index (κ3) is 5.88. The molecule has 1 N–H and O–H groups in total. The lowest BCUT2D eigenvalue weighted by Crippen LogP contribution is -2.50. The SMILES string of the molecule is CCC(CC)NC(=O)CN1CCN(Cc2ccc(OC)c(OC)c2)CC1. The Morgan fingerprint density at radius 1 is 1.04 bits per heavy atom. The van der Waals surface area contributed by atoms with E-state index in [1.54, 1.807) is 14.2 Å². The quantitative estimate of drug-likeness (QED) is 0.728. The first-order valence-corrected chi connectivity index (χ1v) is 9.54. The monoisotopic (exact) mass is 363 g/mol. The van der Waals surface area contributed by atoms with Gasteiger partial charge >= 0.3 is 0 Å². The Balaban J connectivity index is 1.79. The third-order valence-corrected chi connectivity index (χ3v) is 5.04. The van der Waals surface area contributed by atoms with Gasteiger partial charge in [-0.3, -0.25) is 14.6 Å². The van der Waals surface area contributed by atoms with Gasteiger partial charge in [0.1, 0.15) is 0 Å². The molecule has 0 atom stereocenters. The van der Waals surface area contributed by atoms with Crippen LogP contribution in [0.3, 0.4) is 0 Å².